The van der Waals surface area contributed by atoms with E-state index in [9.17, 15) is 0 Å². The Morgan fingerprint density at radius 1 is 1.33 bits per heavy atom. The maximum atomic E-state index is 5.64. The highest BCUT2D eigenvalue weighted by molar-refractivity contribution is 5.54. The van der Waals surface area contributed by atoms with Crippen molar-refractivity contribution in [2.24, 2.45) is 0 Å². The Hall–Kier alpha value is -1.18. The van der Waals surface area contributed by atoms with E-state index in [1.807, 2.05) is 19.9 Å². The first kappa shape index (κ1) is 10.3. The lowest BCUT2D eigenvalue weighted by Crippen LogP contribution is -2.07. The monoisotopic (exact) mass is 205 g/mol. The van der Waals surface area contributed by atoms with Crippen LogP contribution in [0.1, 0.15) is 32.3 Å². The molecular weight excluding hydrogens is 186 g/mol. The highest BCUT2D eigenvalue weighted by Crippen LogP contribution is 2.28. The van der Waals surface area contributed by atoms with E-state index in [2.05, 4.69) is 24.4 Å². The second kappa shape index (κ2) is 4.13. The number of rotatable bonds is 4. The first-order valence-corrected chi connectivity index (χ1v) is 5.69. The van der Waals surface area contributed by atoms with Crippen LogP contribution in [0.15, 0.2) is 18.2 Å². The molecule has 1 aliphatic rings. The van der Waals surface area contributed by atoms with Gasteiger partial charge in [-0.2, -0.15) is 0 Å². The van der Waals surface area contributed by atoms with E-state index in [1.165, 1.54) is 24.1 Å². The van der Waals surface area contributed by atoms with E-state index < -0.39 is 0 Å². The van der Waals surface area contributed by atoms with Crippen molar-refractivity contribution in [2.45, 2.75) is 45.8 Å². The molecule has 0 unspecified atom stereocenters. The molecule has 82 valence electrons. The van der Waals surface area contributed by atoms with Crippen LogP contribution in [0.5, 0.6) is 5.75 Å². The van der Waals surface area contributed by atoms with Crippen LogP contribution in [-0.4, -0.2) is 12.1 Å². The van der Waals surface area contributed by atoms with Gasteiger partial charge in [-0.1, -0.05) is 0 Å². The summed E-state index contributed by atoms with van der Waals surface area (Å²) in [6, 6.07) is 6.97. The molecule has 0 saturated heterocycles. The Labute approximate surface area is 91.6 Å². The zero-order chi connectivity index (χ0) is 10.8. The highest BCUT2D eigenvalue weighted by Gasteiger charge is 2.21. The van der Waals surface area contributed by atoms with Crippen LogP contribution >= 0.6 is 0 Å². The van der Waals surface area contributed by atoms with Crippen LogP contribution in [-0.2, 0) is 0 Å². The average Bonchev–Trinajstić information content (AvgIpc) is 2.92. The molecule has 1 aromatic rings. The zero-order valence-corrected chi connectivity index (χ0v) is 9.71. The van der Waals surface area contributed by atoms with Crippen molar-refractivity contribution in [1.82, 2.24) is 0 Å². The third-order valence-electron chi connectivity index (χ3n) is 2.51. The van der Waals surface area contributed by atoms with Gasteiger partial charge in [0.25, 0.3) is 0 Å². The van der Waals surface area contributed by atoms with Crippen LogP contribution in [0.25, 0.3) is 0 Å². The van der Waals surface area contributed by atoms with Gasteiger partial charge in [-0.3, -0.25) is 0 Å². The van der Waals surface area contributed by atoms with Crippen molar-refractivity contribution in [1.29, 1.82) is 0 Å². The topological polar surface area (TPSA) is 21.3 Å². The Bertz CT molecular complexity index is 342. The van der Waals surface area contributed by atoms with Crippen molar-refractivity contribution < 1.29 is 4.74 Å². The third-order valence-corrected chi connectivity index (χ3v) is 2.51. The maximum absolute atomic E-state index is 5.64. The van der Waals surface area contributed by atoms with Gasteiger partial charge in [-0.05, 0) is 57.4 Å². The summed E-state index contributed by atoms with van der Waals surface area (Å²) in [5, 5.41) is 3.51. The summed E-state index contributed by atoms with van der Waals surface area (Å²) in [6.45, 7) is 6.22. The first-order valence-electron chi connectivity index (χ1n) is 5.69. The van der Waals surface area contributed by atoms with Gasteiger partial charge in [0, 0.05) is 11.7 Å². The van der Waals surface area contributed by atoms with Gasteiger partial charge in [-0.25, -0.2) is 0 Å². The summed E-state index contributed by atoms with van der Waals surface area (Å²) in [5.74, 6) is 0.962. The van der Waals surface area contributed by atoms with E-state index >= 15 is 0 Å². The quantitative estimate of drug-likeness (QED) is 0.813. The molecule has 2 heteroatoms. The zero-order valence-electron chi connectivity index (χ0n) is 9.71. The molecule has 1 saturated carbocycles. The number of hydrogen-bond acceptors (Lipinski definition) is 2. The van der Waals surface area contributed by atoms with Crippen LogP contribution in [0.2, 0.25) is 0 Å². The fourth-order valence-corrected chi connectivity index (χ4v) is 1.59. The number of hydrogen-bond donors (Lipinski definition) is 1. The van der Waals surface area contributed by atoms with Crippen molar-refractivity contribution >= 4 is 5.69 Å². The summed E-state index contributed by atoms with van der Waals surface area (Å²) < 4.78 is 5.64. The molecule has 1 fully saturated rings. The van der Waals surface area contributed by atoms with Gasteiger partial charge in [0.1, 0.15) is 5.75 Å². The van der Waals surface area contributed by atoms with E-state index in [1.54, 1.807) is 0 Å². The Kier molecular flexibility index (Phi) is 2.85. The predicted molar refractivity (Wildman–Crippen MR) is 63.6 cm³/mol. The van der Waals surface area contributed by atoms with Gasteiger partial charge >= 0.3 is 0 Å². The lowest BCUT2D eigenvalue weighted by Gasteiger charge is -2.13. The lowest BCUT2D eigenvalue weighted by atomic mass is 10.2. The summed E-state index contributed by atoms with van der Waals surface area (Å²) in [6.07, 6.45) is 2.86. The molecule has 2 nitrogen and oxygen atoms in total. The standard InChI is InChI=1S/C13H19NO/c1-9(2)15-12-6-7-13(10(3)8-12)14-11-4-5-11/h6-9,11,14H,4-5H2,1-3H3. The van der Waals surface area contributed by atoms with Crippen molar-refractivity contribution in [3.63, 3.8) is 0 Å². The van der Waals surface area contributed by atoms with Crippen LogP contribution in [0.3, 0.4) is 0 Å². The summed E-state index contributed by atoms with van der Waals surface area (Å²) in [7, 11) is 0. The Morgan fingerprint density at radius 3 is 2.60 bits per heavy atom. The molecule has 0 spiro atoms. The molecule has 15 heavy (non-hydrogen) atoms. The van der Waals surface area contributed by atoms with Gasteiger partial charge in [-0.15, -0.1) is 0 Å². The lowest BCUT2D eigenvalue weighted by molar-refractivity contribution is 0.242. The summed E-state index contributed by atoms with van der Waals surface area (Å²) in [5.41, 5.74) is 2.51. The van der Waals surface area contributed by atoms with Gasteiger partial charge in [0.15, 0.2) is 0 Å². The minimum atomic E-state index is 0.242. The first-order chi connectivity index (χ1) is 7.15. The Morgan fingerprint density at radius 2 is 2.07 bits per heavy atom. The van der Waals surface area contributed by atoms with Gasteiger partial charge in [0.05, 0.1) is 6.10 Å². The van der Waals surface area contributed by atoms with E-state index in [-0.39, 0.29) is 6.10 Å². The number of ether oxygens (including phenoxy) is 1. The average molecular weight is 205 g/mol. The summed E-state index contributed by atoms with van der Waals surface area (Å²) >= 11 is 0. The van der Waals surface area contributed by atoms with Crippen molar-refractivity contribution in [3.05, 3.63) is 23.8 Å². The highest BCUT2D eigenvalue weighted by atomic mass is 16.5. The molecule has 0 aliphatic heterocycles. The van der Waals surface area contributed by atoms with E-state index in [0.717, 1.165) is 5.75 Å². The molecule has 1 N–H and O–H groups in total. The normalized spacial score (nSPS) is 15.5. The predicted octanol–water partition coefficient (Wildman–Crippen LogP) is 3.36. The molecule has 1 aliphatic carbocycles. The molecular formula is C13H19NO. The van der Waals surface area contributed by atoms with E-state index in [4.69, 9.17) is 4.74 Å². The molecule has 2 rings (SSSR count). The van der Waals surface area contributed by atoms with Gasteiger partial charge in [0.2, 0.25) is 0 Å². The number of benzene rings is 1. The molecule has 1 aromatic carbocycles. The largest absolute Gasteiger partial charge is 0.491 e. The van der Waals surface area contributed by atoms with Crippen molar-refractivity contribution in [3.8, 4) is 5.75 Å². The molecule has 0 aromatic heterocycles. The second-order valence-corrected chi connectivity index (χ2v) is 4.56. The smallest absolute Gasteiger partial charge is 0.120 e. The SMILES string of the molecule is Cc1cc(OC(C)C)ccc1NC1CC1. The number of anilines is 1. The molecule has 0 heterocycles. The molecule has 0 amide bonds. The van der Waals surface area contributed by atoms with Crippen LogP contribution in [0, 0.1) is 6.92 Å². The fraction of sp³-hybridized carbons (Fsp3) is 0.538. The third kappa shape index (κ3) is 2.88. The van der Waals surface area contributed by atoms with E-state index in [0.29, 0.717) is 6.04 Å². The molecule has 0 atom stereocenters. The Balaban J connectivity index is 2.07. The number of nitrogens with one attached hydrogen (secondary N) is 1. The number of aryl methyl sites for hydroxylation is 1. The van der Waals surface area contributed by atoms with Crippen LogP contribution < -0.4 is 10.1 Å². The molecule has 0 bridgehead atoms. The maximum Gasteiger partial charge on any atom is 0.120 e. The second-order valence-electron chi connectivity index (χ2n) is 4.56. The van der Waals surface area contributed by atoms with Crippen LogP contribution in [0.4, 0.5) is 5.69 Å². The molecule has 0 radical (unpaired) electrons. The summed E-state index contributed by atoms with van der Waals surface area (Å²) in [4.78, 5) is 0. The van der Waals surface area contributed by atoms with Gasteiger partial charge < -0.3 is 10.1 Å². The minimum Gasteiger partial charge on any atom is -0.491 e. The fourth-order valence-electron chi connectivity index (χ4n) is 1.59. The van der Waals surface area contributed by atoms with Crippen molar-refractivity contribution in [2.75, 3.05) is 5.32 Å². The minimum absolute atomic E-state index is 0.242.